The van der Waals surface area contributed by atoms with Crippen molar-refractivity contribution in [3.05, 3.63) is 59.2 Å². The summed E-state index contributed by atoms with van der Waals surface area (Å²) in [6, 6.07) is 12.1. The average molecular weight is 378 g/mol. The van der Waals surface area contributed by atoms with E-state index >= 15 is 0 Å². The second kappa shape index (κ2) is 6.30. The molecule has 5 heteroatoms. The summed E-state index contributed by atoms with van der Waals surface area (Å²) in [4.78, 5) is 14.6. The Hall–Kier alpha value is -2.95. The molecule has 2 heterocycles. The van der Waals surface area contributed by atoms with E-state index < -0.39 is 5.66 Å². The topological polar surface area (TPSA) is 50.8 Å². The van der Waals surface area contributed by atoms with E-state index in [4.69, 9.17) is 9.47 Å². The van der Waals surface area contributed by atoms with Crippen molar-refractivity contribution in [3.63, 3.8) is 0 Å². The van der Waals surface area contributed by atoms with Crippen LogP contribution in [0.2, 0.25) is 0 Å². The van der Waals surface area contributed by atoms with E-state index in [1.54, 1.807) is 14.2 Å². The van der Waals surface area contributed by atoms with Crippen molar-refractivity contribution in [1.82, 2.24) is 5.32 Å². The lowest BCUT2D eigenvalue weighted by Crippen LogP contribution is -2.58. The van der Waals surface area contributed by atoms with Crippen LogP contribution in [0.15, 0.2) is 42.5 Å². The van der Waals surface area contributed by atoms with Crippen molar-refractivity contribution in [3.8, 4) is 11.5 Å². The zero-order valence-corrected chi connectivity index (χ0v) is 17.0. The molecule has 0 spiro atoms. The number of nitrogens with one attached hydrogen (secondary N) is 1. The van der Waals surface area contributed by atoms with Gasteiger partial charge in [-0.05, 0) is 42.8 Å². The Morgan fingerprint density at radius 2 is 1.89 bits per heavy atom. The molecule has 1 atom stereocenters. The Kier molecular flexibility index (Phi) is 4.14. The second-order valence-corrected chi connectivity index (χ2v) is 7.99. The molecule has 2 aromatic rings. The van der Waals surface area contributed by atoms with Gasteiger partial charge in [-0.15, -0.1) is 0 Å². The molecule has 28 heavy (non-hydrogen) atoms. The summed E-state index contributed by atoms with van der Waals surface area (Å²) in [6.45, 7) is 6.81. The second-order valence-electron chi connectivity index (χ2n) is 7.99. The van der Waals surface area contributed by atoms with Gasteiger partial charge >= 0.3 is 0 Å². The fourth-order valence-electron chi connectivity index (χ4n) is 4.47. The largest absolute Gasteiger partial charge is 0.497 e. The van der Waals surface area contributed by atoms with E-state index in [9.17, 15) is 4.79 Å². The number of aryl methyl sites for hydroxylation is 1. The van der Waals surface area contributed by atoms with E-state index in [2.05, 4.69) is 55.3 Å². The van der Waals surface area contributed by atoms with Gasteiger partial charge in [0.1, 0.15) is 17.2 Å². The normalized spacial score (nSPS) is 22.2. The molecule has 1 fully saturated rings. The third-order valence-corrected chi connectivity index (χ3v) is 6.07. The first-order valence-corrected chi connectivity index (χ1v) is 9.43. The lowest BCUT2D eigenvalue weighted by atomic mass is 9.75. The van der Waals surface area contributed by atoms with Gasteiger partial charge < -0.3 is 19.7 Å². The zero-order chi connectivity index (χ0) is 20.1. The highest BCUT2D eigenvalue weighted by Gasteiger charge is 2.59. The van der Waals surface area contributed by atoms with E-state index in [-0.39, 0.29) is 11.3 Å². The number of amides is 1. The molecule has 5 nitrogen and oxygen atoms in total. The zero-order valence-electron chi connectivity index (χ0n) is 17.0. The van der Waals surface area contributed by atoms with Crippen LogP contribution in [0.3, 0.4) is 0 Å². The van der Waals surface area contributed by atoms with Crippen LogP contribution >= 0.6 is 0 Å². The fourth-order valence-corrected chi connectivity index (χ4v) is 4.47. The van der Waals surface area contributed by atoms with Crippen LogP contribution in [0.25, 0.3) is 6.08 Å². The van der Waals surface area contributed by atoms with Gasteiger partial charge in [0.25, 0.3) is 0 Å². The van der Waals surface area contributed by atoms with Gasteiger partial charge in [-0.2, -0.15) is 0 Å². The van der Waals surface area contributed by atoms with Gasteiger partial charge in [0.2, 0.25) is 5.91 Å². The van der Waals surface area contributed by atoms with Gasteiger partial charge in [-0.3, -0.25) is 4.79 Å². The molecular weight excluding hydrogens is 352 g/mol. The van der Waals surface area contributed by atoms with E-state index in [1.807, 2.05) is 24.3 Å². The smallest absolute Gasteiger partial charge is 0.241 e. The lowest BCUT2D eigenvalue weighted by molar-refractivity contribution is -0.118. The summed E-state index contributed by atoms with van der Waals surface area (Å²) in [5, 5.41) is 3.25. The minimum absolute atomic E-state index is 0.0292. The highest BCUT2D eigenvalue weighted by Crippen LogP contribution is 2.53. The SMILES string of the molecule is COc1ccc(OC)c(/C=C/C23NC(=O)CN2c2ccc(C)cc2C3(C)C)c1. The van der Waals surface area contributed by atoms with Crippen LogP contribution in [0.5, 0.6) is 11.5 Å². The first-order valence-electron chi connectivity index (χ1n) is 9.43. The van der Waals surface area contributed by atoms with Gasteiger partial charge in [-0.25, -0.2) is 0 Å². The van der Waals surface area contributed by atoms with E-state index in [1.165, 1.54) is 11.1 Å². The number of nitrogens with zero attached hydrogens (tertiary/aromatic N) is 1. The summed E-state index contributed by atoms with van der Waals surface area (Å²) >= 11 is 0. The Labute approximate surface area is 165 Å². The number of rotatable bonds is 4. The molecule has 0 bridgehead atoms. The van der Waals surface area contributed by atoms with Crippen molar-refractivity contribution in [2.24, 2.45) is 0 Å². The highest BCUT2D eigenvalue weighted by atomic mass is 16.5. The number of carbonyl (C=O) groups excluding carboxylic acids is 1. The van der Waals surface area contributed by atoms with E-state index in [0.717, 1.165) is 22.7 Å². The van der Waals surface area contributed by atoms with E-state index in [0.29, 0.717) is 6.54 Å². The highest BCUT2D eigenvalue weighted by molar-refractivity contribution is 5.91. The Balaban J connectivity index is 1.84. The summed E-state index contributed by atoms with van der Waals surface area (Å²) in [5.41, 5.74) is 3.54. The molecule has 2 aromatic carbocycles. The number of benzene rings is 2. The first-order chi connectivity index (χ1) is 13.3. The van der Waals surface area contributed by atoms with Gasteiger partial charge in [-0.1, -0.05) is 37.6 Å². The molecule has 0 radical (unpaired) electrons. The summed E-state index contributed by atoms with van der Waals surface area (Å²) in [6.07, 6.45) is 4.10. The molecular formula is C23H26N2O3. The predicted octanol–water partition coefficient (Wildman–Crippen LogP) is 3.65. The maximum atomic E-state index is 12.4. The van der Waals surface area contributed by atoms with Crippen molar-refractivity contribution in [1.29, 1.82) is 0 Å². The Morgan fingerprint density at radius 1 is 1.11 bits per heavy atom. The monoisotopic (exact) mass is 378 g/mol. The molecule has 0 aromatic heterocycles. The van der Waals surface area contributed by atoms with Crippen molar-refractivity contribution < 1.29 is 14.3 Å². The number of hydrogen-bond donors (Lipinski definition) is 1. The van der Waals surface area contributed by atoms with Crippen LogP contribution in [0, 0.1) is 6.92 Å². The minimum Gasteiger partial charge on any atom is -0.497 e. The van der Waals surface area contributed by atoms with Crippen molar-refractivity contribution >= 4 is 17.7 Å². The summed E-state index contributed by atoms with van der Waals surface area (Å²) in [7, 11) is 3.30. The summed E-state index contributed by atoms with van der Waals surface area (Å²) < 4.78 is 10.9. The molecule has 0 saturated carbocycles. The lowest BCUT2D eigenvalue weighted by Gasteiger charge is -2.40. The molecule has 1 unspecified atom stereocenters. The number of anilines is 1. The average Bonchev–Trinajstić information content (AvgIpc) is 3.10. The Morgan fingerprint density at radius 3 is 2.61 bits per heavy atom. The maximum Gasteiger partial charge on any atom is 0.241 e. The maximum absolute atomic E-state index is 12.4. The fraction of sp³-hybridized carbons (Fsp3) is 0.348. The third-order valence-electron chi connectivity index (χ3n) is 6.07. The van der Waals surface area contributed by atoms with Crippen LogP contribution in [-0.2, 0) is 10.2 Å². The molecule has 2 aliphatic rings. The molecule has 4 rings (SSSR count). The molecule has 2 aliphatic heterocycles. The number of ether oxygens (including phenoxy) is 2. The number of hydrogen-bond acceptors (Lipinski definition) is 4. The standard InChI is InChI=1S/C23H26N2O3/c1-15-6-8-19-18(12-15)22(2,3)23(24-21(26)14-25(19)23)11-10-16-13-17(27-4)7-9-20(16)28-5/h6-13H,14H2,1-5H3,(H,24,26)/b11-10+. The number of methoxy groups -OCH3 is 2. The van der Waals surface area contributed by atoms with Crippen LogP contribution in [-0.4, -0.2) is 32.3 Å². The molecule has 146 valence electrons. The van der Waals surface area contributed by atoms with Crippen LogP contribution in [0.4, 0.5) is 5.69 Å². The predicted molar refractivity (Wildman–Crippen MR) is 111 cm³/mol. The third kappa shape index (κ3) is 2.49. The van der Waals surface area contributed by atoms with Gasteiger partial charge in [0.15, 0.2) is 0 Å². The molecule has 1 amide bonds. The molecule has 1 saturated heterocycles. The van der Waals surface area contributed by atoms with Crippen LogP contribution in [0.1, 0.15) is 30.5 Å². The first kappa shape index (κ1) is 18.4. The van der Waals surface area contributed by atoms with Gasteiger partial charge in [0, 0.05) is 16.7 Å². The Bertz CT molecular complexity index is 980. The number of fused-ring (bicyclic) bond motifs is 3. The van der Waals surface area contributed by atoms with Crippen LogP contribution < -0.4 is 19.7 Å². The molecule has 1 N–H and O–H groups in total. The quantitative estimate of drug-likeness (QED) is 0.882. The van der Waals surface area contributed by atoms with Gasteiger partial charge in [0.05, 0.1) is 20.8 Å². The minimum atomic E-state index is -0.631. The van der Waals surface area contributed by atoms with Crippen molar-refractivity contribution in [2.45, 2.75) is 31.8 Å². The summed E-state index contributed by atoms with van der Waals surface area (Å²) in [5.74, 6) is 1.55. The van der Waals surface area contributed by atoms with Crippen molar-refractivity contribution in [2.75, 3.05) is 25.7 Å². The number of carbonyl (C=O) groups is 1. The molecule has 0 aliphatic carbocycles.